The molecule has 1 N–H and O–H groups in total. The lowest BCUT2D eigenvalue weighted by molar-refractivity contribution is 0.255. The van der Waals surface area contributed by atoms with Gasteiger partial charge in [0.15, 0.2) is 0 Å². The van der Waals surface area contributed by atoms with Gasteiger partial charge in [-0.1, -0.05) is 11.6 Å². The number of nitrogens with zero attached hydrogens (tertiary/aromatic N) is 2. The molecule has 4 nitrogen and oxygen atoms in total. The van der Waals surface area contributed by atoms with Gasteiger partial charge in [-0.05, 0) is 62.9 Å². The van der Waals surface area contributed by atoms with Crippen molar-refractivity contribution in [3.05, 3.63) is 45.2 Å². The van der Waals surface area contributed by atoms with Crippen molar-refractivity contribution in [3.8, 4) is 0 Å². The first-order valence-electron chi connectivity index (χ1n) is 8.57. The van der Waals surface area contributed by atoms with Crippen LogP contribution in [0.5, 0.6) is 0 Å². The molecular weight excluding hydrogens is 286 g/mol. The molecule has 2 aliphatic heterocycles. The van der Waals surface area contributed by atoms with Crippen molar-refractivity contribution < 1.29 is 0 Å². The predicted molar refractivity (Wildman–Crippen MR) is 93.8 cm³/mol. The highest BCUT2D eigenvalue weighted by atomic mass is 16.1. The third kappa shape index (κ3) is 2.60. The van der Waals surface area contributed by atoms with Gasteiger partial charge in [-0.3, -0.25) is 9.69 Å². The van der Waals surface area contributed by atoms with Crippen molar-refractivity contribution in [1.29, 1.82) is 0 Å². The van der Waals surface area contributed by atoms with E-state index in [0.717, 1.165) is 47.6 Å². The van der Waals surface area contributed by atoms with Crippen molar-refractivity contribution in [2.75, 3.05) is 26.7 Å². The number of nitrogens with one attached hydrogen (secondary N) is 1. The molecule has 0 spiro atoms. The Labute approximate surface area is 137 Å². The summed E-state index contributed by atoms with van der Waals surface area (Å²) in [6.07, 6.45) is 1.30. The van der Waals surface area contributed by atoms with Crippen LogP contribution in [0.4, 0.5) is 0 Å². The summed E-state index contributed by atoms with van der Waals surface area (Å²) in [5.41, 5.74) is 4.31. The molecule has 122 valence electrons. The van der Waals surface area contributed by atoms with Crippen LogP contribution in [-0.4, -0.2) is 47.5 Å². The average molecular weight is 311 g/mol. The second-order valence-electron chi connectivity index (χ2n) is 7.46. The number of fused-ring (bicyclic) bond motifs is 2. The van der Waals surface area contributed by atoms with Gasteiger partial charge in [-0.15, -0.1) is 0 Å². The van der Waals surface area contributed by atoms with Gasteiger partial charge in [-0.25, -0.2) is 0 Å². The summed E-state index contributed by atoms with van der Waals surface area (Å²) in [6, 6.07) is 7.05. The van der Waals surface area contributed by atoms with E-state index < -0.39 is 0 Å². The van der Waals surface area contributed by atoms with Crippen molar-refractivity contribution in [3.63, 3.8) is 0 Å². The lowest BCUT2D eigenvalue weighted by atomic mass is 10.0. The van der Waals surface area contributed by atoms with Crippen molar-refractivity contribution >= 4 is 10.9 Å². The second kappa shape index (κ2) is 5.46. The van der Waals surface area contributed by atoms with Gasteiger partial charge in [0.25, 0.3) is 5.56 Å². The highest BCUT2D eigenvalue weighted by Crippen LogP contribution is 2.30. The van der Waals surface area contributed by atoms with E-state index in [1.807, 2.05) is 0 Å². The van der Waals surface area contributed by atoms with E-state index >= 15 is 0 Å². The molecule has 2 aromatic rings. The van der Waals surface area contributed by atoms with Gasteiger partial charge in [0.05, 0.1) is 5.52 Å². The fraction of sp³-hybridized carbons (Fsp3) is 0.526. The fourth-order valence-corrected chi connectivity index (χ4v) is 4.48. The van der Waals surface area contributed by atoms with Crippen LogP contribution in [0.25, 0.3) is 10.9 Å². The maximum absolute atomic E-state index is 12.5. The van der Waals surface area contributed by atoms with Crippen LogP contribution in [0.3, 0.4) is 0 Å². The number of pyridine rings is 1. The van der Waals surface area contributed by atoms with Crippen LogP contribution in [0, 0.1) is 19.8 Å². The summed E-state index contributed by atoms with van der Waals surface area (Å²) >= 11 is 0. The van der Waals surface area contributed by atoms with Crippen molar-refractivity contribution in [1.82, 2.24) is 14.8 Å². The molecule has 23 heavy (non-hydrogen) atoms. The number of H-pyrrole nitrogens is 1. The molecule has 0 saturated carbocycles. The van der Waals surface area contributed by atoms with E-state index in [4.69, 9.17) is 0 Å². The largest absolute Gasteiger partial charge is 0.321 e. The molecule has 4 heteroatoms. The van der Waals surface area contributed by atoms with Gasteiger partial charge in [0, 0.05) is 31.2 Å². The minimum Gasteiger partial charge on any atom is -0.321 e. The first-order chi connectivity index (χ1) is 11.0. The number of likely N-dealkylation sites (tertiary alicyclic amines) is 2. The number of aromatic amines is 1. The normalized spacial score (nSPS) is 25.3. The molecule has 0 aliphatic carbocycles. The Bertz CT molecular complexity index is 810. The molecule has 0 unspecified atom stereocenters. The summed E-state index contributed by atoms with van der Waals surface area (Å²) < 4.78 is 0. The van der Waals surface area contributed by atoms with Crippen molar-refractivity contribution in [2.45, 2.75) is 32.9 Å². The second-order valence-corrected chi connectivity index (χ2v) is 7.46. The number of hydrogen-bond acceptors (Lipinski definition) is 3. The topological polar surface area (TPSA) is 39.3 Å². The van der Waals surface area contributed by atoms with E-state index in [1.54, 1.807) is 0 Å². The number of aromatic nitrogens is 1. The zero-order chi connectivity index (χ0) is 16.1. The molecule has 0 bridgehead atoms. The van der Waals surface area contributed by atoms with Crippen LogP contribution < -0.4 is 5.56 Å². The van der Waals surface area contributed by atoms with Gasteiger partial charge in [0.2, 0.25) is 0 Å². The Morgan fingerprint density at radius 3 is 2.83 bits per heavy atom. The summed E-state index contributed by atoms with van der Waals surface area (Å²) in [5, 5.41) is 1.15. The highest BCUT2D eigenvalue weighted by Gasteiger charge is 2.39. The van der Waals surface area contributed by atoms with E-state index in [9.17, 15) is 4.79 Å². The SMILES string of the molecule is Cc1cc(C)c2[nH]c(=O)c(CN3C[C@H]4CCN(C)[C@H]4C3)cc2c1. The lowest BCUT2D eigenvalue weighted by Crippen LogP contribution is -2.32. The van der Waals surface area contributed by atoms with E-state index in [1.165, 1.54) is 18.5 Å². The minimum atomic E-state index is 0.0647. The van der Waals surface area contributed by atoms with Crippen LogP contribution >= 0.6 is 0 Å². The highest BCUT2D eigenvalue weighted by molar-refractivity contribution is 5.82. The van der Waals surface area contributed by atoms with Crippen LogP contribution in [0.2, 0.25) is 0 Å². The number of rotatable bonds is 2. The first-order valence-corrected chi connectivity index (χ1v) is 8.57. The predicted octanol–water partition coefficient (Wildman–Crippen LogP) is 2.28. The third-order valence-electron chi connectivity index (χ3n) is 5.67. The molecule has 1 aromatic carbocycles. The molecule has 0 amide bonds. The number of hydrogen-bond donors (Lipinski definition) is 1. The summed E-state index contributed by atoms with van der Waals surface area (Å²) in [5.74, 6) is 0.782. The van der Waals surface area contributed by atoms with Crippen LogP contribution in [-0.2, 0) is 6.54 Å². The number of aryl methyl sites for hydroxylation is 2. The monoisotopic (exact) mass is 311 g/mol. The summed E-state index contributed by atoms with van der Waals surface area (Å²) in [7, 11) is 2.22. The molecule has 4 rings (SSSR count). The maximum Gasteiger partial charge on any atom is 0.252 e. The number of likely N-dealkylation sites (N-methyl/N-ethyl adjacent to an activating group) is 1. The molecule has 3 heterocycles. The zero-order valence-electron chi connectivity index (χ0n) is 14.2. The standard InChI is InChI=1S/C19H25N3O/c1-12-6-13(2)18-15(7-12)8-16(19(23)20-18)10-22-9-14-4-5-21(3)17(14)11-22/h6-8,14,17H,4-5,9-11H2,1-3H3,(H,20,23)/t14-,17+/m1/s1. The minimum absolute atomic E-state index is 0.0647. The van der Waals surface area contributed by atoms with Gasteiger partial charge >= 0.3 is 0 Å². The maximum atomic E-state index is 12.5. The van der Waals surface area contributed by atoms with Crippen LogP contribution in [0.1, 0.15) is 23.1 Å². The smallest absolute Gasteiger partial charge is 0.252 e. The molecule has 2 fully saturated rings. The first kappa shape index (κ1) is 14.9. The van der Waals surface area contributed by atoms with Crippen molar-refractivity contribution in [2.24, 2.45) is 5.92 Å². The molecule has 2 aliphatic rings. The third-order valence-corrected chi connectivity index (χ3v) is 5.67. The molecule has 2 atom stereocenters. The number of benzene rings is 1. The molecule has 1 aromatic heterocycles. The average Bonchev–Trinajstić information content (AvgIpc) is 3.03. The zero-order valence-corrected chi connectivity index (χ0v) is 14.2. The Balaban J connectivity index is 1.62. The van der Waals surface area contributed by atoms with E-state index in [0.29, 0.717) is 6.04 Å². The summed E-state index contributed by atoms with van der Waals surface area (Å²) in [6.45, 7) is 8.36. The van der Waals surface area contributed by atoms with Gasteiger partial charge < -0.3 is 9.88 Å². The van der Waals surface area contributed by atoms with Gasteiger partial charge in [-0.2, -0.15) is 0 Å². The Morgan fingerprint density at radius 2 is 2.04 bits per heavy atom. The molecular formula is C19H25N3O. The van der Waals surface area contributed by atoms with Gasteiger partial charge in [0.1, 0.15) is 0 Å². The van der Waals surface area contributed by atoms with E-state index in [-0.39, 0.29) is 5.56 Å². The Morgan fingerprint density at radius 1 is 1.22 bits per heavy atom. The summed E-state index contributed by atoms with van der Waals surface area (Å²) in [4.78, 5) is 20.5. The molecule has 2 saturated heterocycles. The van der Waals surface area contributed by atoms with E-state index in [2.05, 4.69) is 53.9 Å². The quantitative estimate of drug-likeness (QED) is 0.925. The lowest BCUT2D eigenvalue weighted by Gasteiger charge is -2.20. The Hall–Kier alpha value is -1.65. The molecule has 0 radical (unpaired) electrons. The fourth-order valence-electron chi connectivity index (χ4n) is 4.48. The van der Waals surface area contributed by atoms with Crippen LogP contribution in [0.15, 0.2) is 23.0 Å². The Kier molecular flexibility index (Phi) is 3.54.